The minimum absolute atomic E-state index is 0.936. The Bertz CT molecular complexity index is 175. The van der Waals surface area contributed by atoms with Gasteiger partial charge in [0.15, 0.2) is 0 Å². The Balaban J connectivity index is 2.84. The maximum atomic E-state index is 5.45. The van der Waals surface area contributed by atoms with E-state index in [1.165, 1.54) is 18.5 Å². The molecule has 0 bridgehead atoms. The molecule has 14 heavy (non-hydrogen) atoms. The van der Waals surface area contributed by atoms with Gasteiger partial charge in [0.1, 0.15) is 0 Å². The summed E-state index contributed by atoms with van der Waals surface area (Å²) in [5.74, 6) is 0. The van der Waals surface area contributed by atoms with Gasteiger partial charge in [0.2, 0.25) is 0 Å². The van der Waals surface area contributed by atoms with Gasteiger partial charge in [0.25, 0.3) is 0 Å². The van der Waals surface area contributed by atoms with Crippen molar-refractivity contribution < 1.29 is 4.74 Å². The van der Waals surface area contributed by atoms with Gasteiger partial charge in [0.05, 0.1) is 0 Å². The summed E-state index contributed by atoms with van der Waals surface area (Å²) in [4.78, 5) is 0. The van der Waals surface area contributed by atoms with E-state index in [1.54, 1.807) is 0 Å². The Morgan fingerprint density at radius 2 is 1.43 bits per heavy atom. The Morgan fingerprint density at radius 1 is 1.00 bits per heavy atom. The molecule has 0 N–H and O–H groups in total. The molecule has 0 spiro atoms. The average molecular weight is 219 g/mol. The Morgan fingerprint density at radius 3 is 1.79 bits per heavy atom. The molecule has 1 aliphatic heterocycles. The van der Waals surface area contributed by atoms with Gasteiger partial charge in [-0.3, -0.25) is 0 Å². The second-order valence-corrected chi connectivity index (χ2v) is 11.7. The molecule has 86 valence electrons. The van der Waals surface area contributed by atoms with Gasteiger partial charge < -0.3 is 0 Å². The van der Waals surface area contributed by atoms with Gasteiger partial charge in [-0.05, 0) is 0 Å². The van der Waals surface area contributed by atoms with E-state index in [-0.39, 0.29) is 0 Å². The molecule has 0 atom stereocenters. The van der Waals surface area contributed by atoms with Crippen molar-refractivity contribution in [2.45, 2.75) is 20.8 Å². The Kier molecular flexibility index (Phi) is 3.96. The molecule has 0 aromatic rings. The standard InChI is InChI=1S/C11H26NOP/c1-5-14(4,6-2,7-3)12-8-10-13-11-9-12/h5-11H2,1-4H3. The fourth-order valence-corrected chi connectivity index (χ4v) is 6.40. The number of nitrogens with zero attached hydrogens (tertiary/aromatic N) is 1. The summed E-state index contributed by atoms with van der Waals surface area (Å²) in [5.41, 5.74) is 0. The molecule has 0 aromatic heterocycles. The minimum atomic E-state index is -1.54. The van der Waals surface area contributed by atoms with Gasteiger partial charge in [-0.1, -0.05) is 0 Å². The van der Waals surface area contributed by atoms with Crippen LogP contribution < -0.4 is 0 Å². The van der Waals surface area contributed by atoms with E-state index < -0.39 is 6.75 Å². The molecule has 0 amide bonds. The average Bonchev–Trinajstić information content (AvgIpc) is 2.30. The van der Waals surface area contributed by atoms with E-state index in [2.05, 4.69) is 32.1 Å². The topological polar surface area (TPSA) is 12.5 Å². The van der Waals surface area contributed by atoms with E-state index in [1.807, 2.05) is 0 Å². The maximum absolute atomic E-state index is 5.45. The molecule has 1 fully saturated rings. The first-order valence-corrected chi connectivity index (χ1v) is 9.12. The molecular weight excluding hydrogens is 193 g/mol. The molecular formula is C11H26NOP. The first kappa shape index (κ1) is 12.4. The summed E-state index contributed by atoms with van der Waals surface area (Å²) < 4.78 is 8.23. The van der Waals surface area contributed by atoms with Gasteiger partial charge in [-0.2, -0.15) is 0 Å². The number of hydrogen-bond acceptors (Lipinski definition) is 2. The van der Waals surface area contributed by atoms with Crippen molar-refractivity contribution in [1.82, 2.24) is 4.67 Å². The van der Waals surface area contributed by atoms with Crippen LogP contribution in [0.3, 0.4) is 0 Å². The molecule has 1 saturated heterocycles. The van der Waals surface area contributed by atoms with Crippen LogP contribution in [0.4, 0.5) is 0 Å². The van der Waals surface area contributed by atoms with Crippen LogP contribution in [-0.2, 0) is 4.74 Å². The van der Waals surface area contributed by atoms with Crippen LogP contribution in [0, 0.1) is 0 Å². The fourth-order valence-electron chi connectivity index (χ4n) is 2.45. The molecule has 0 radical (unpaired) electrons. The SMILES string of the molecule is CCP(C)(CC)(CC)N1CCOCC1. The van der Waals surface area contributed by atoms with E-state index in [0.29, 0.717) is 0 Å². The molecule has 3 heteroatoms. The van der Waals surface area contributed by atoms with E-state index >= 15 is 0 Å². The normalized spacial score (nSPS) is 23.0. The second-order valence-electron chi connectivity index (χ2n) is 4.76. The van der Waals surface area contributed by atoms with Gasteiger partial charge in [-0.25, -0.2) is 0 Å². The third-order valence-corrected chi connectivity index (χ3v) is 12.2. The molecule has 1 heterocycles. The molecule has 1 aliphatic rings. The van der Waals surface area contributed by atoms with E-state index in [0.717, 1.165) is 26.3 Å². The van der Waals surface area contributed by atoms with Crippen molar-refractivity contribution in [1.29, 1.82) is 0 Å². The third kappa shape index (κ3) is 1.98. The summed E-state index contributed by atoms with van der Waals surface area (Å²) in [6, 6.07) is 0. The quantitative estimate of drug-likeness (QED) is 0.673. The number of morpholine rings is 1. The van der Waals surface area contributed by atoms with Crippen molar-refractivity contribution in [2.75, 3.05) is 51.5 Å². The summed E-state index contributed by atoms with van der Waals surface area (Å²) >= 11 is 0. The van der Waals surface area contributed by atoms with Crippen molar-refractivity contribution in [3.63, 3.8) is 0 Å². The van der Waals surface area contributed by atoms with E-state index in [4.69, 9.17) is 4.74 Å². The van der Waals surface area contributed by atoms with Gasteiger partial charge in [-0.15, -0.1) is 0 Å². The zero-order valence-corrected chi connectivity index (χ0v) is 11.1. The zero-order chi connectivity index (χ0) is 10.7. The van der Waals surface area contributed by atoms with E-state index in [9.17, 15) is 0 Å². The fraction of sp³-hybridized carbons (Fsp3) is 1.00. The monoisotopic (exact) mass is 219 g/mol. The van der Waals surface area contributed by atoms with Crippen LogP contribution in [0.1, 0.15) is 20.8 Å². The summed E-state index contributed by atoms with van der Waals surface area (Å²) in [5, 5.41) is 0. The molecule has 0 saturated carbocycles. The van der Waals surface area contributed by atoms with Crippen molar-refractivity contribution in [2.24, 2.45) is 0 Å². The molecule has 1 rings (SSSR count). The van der Waals surface area contributed by atoms with Crippen LogP contribution in [-0.4, -0.2) is 56.1 Å². The first-order valence-electron chi connectivity index (χ1n) is 5.93. The van der Waals surface area contributed by atoms with Crippen LogP contribution in [0.25, 0.3) is 0 Å². The third-order valence-electron chi connectivity index (χ3n) is 4.58. The first-order chi connectivity index (χ1) is 6.59. The van der Waals surface area contributed by atoms with Crippen LogP contribution in [0.15, 0.2) is 0 Å². The van der Waals surface area contributed by atoms with Crippen LogP contribution >= 0.6 is 6.75 Å². The number of hydrogen-bond donors (Lipinski definition) is 0. The van der Waals surface area contributed by atoms with Crippen molar-refractivity contribution >= 4 is 6.75 Å². The van der Waals surface area contributed by atoms with Gasteiger partial charge >= 0.3 is 88.4 Å². The molecule has 0 aliphatic carbocycles. The predicted octanol–water partition coefficient (Wildman–Crippen LogP) is 2.48. The van der Waals surface area contributed by atoms with Crippen molar-refractivity contribution in [3.8, 4) is 0 Å². The number of rotatable bonds is 4. The number of ether oxygens (including phenoxy) is 1. The summed E-state index contributed by atoms with van der Waals surface area (Å²) in [6.45, 7) is 12.3. The van der Waals surface area contributed by atoms with Gasteiger partial charge in [0, 0.05) is 0 Å². The molecule has 0 unspecified atom stereocenters. The van der Waals surface area contributed by atoms with Crippen LogP contribution in [0.2, 0.25) is 0 Å². The molecule has 0 aromatic carbocycles. The summed E-state index contributed by atoms with van der Waals surface area (Å²) in [6.07, 6.45) is 4.08. The predicted molar refractivity (Wildman–Crippen MR) is 66.9 cm³/mol. The van der Waals surface area contributed by atoms with Crippen molar-refractivity contribution in [3.05, 3.63) is 0 Å². The van der Waals surface area contributed by atoms with Crippen LogP contribution in [0.5, 0.6) is 0 Å². The second kappa shape index (κ2) is 4.47. The Hall–Kier alpha value is 0.350. The zero-order valence-electron chi connectivity index (χ0n) is 10.3. The molecule has 2 nitrogen and oxygen atoms in total. The Labute approximate surface area is 89.0 Å². The summed E-state index contributed by atoms with van der Waals surface area (Å²) in [7, 11) is 0.